The summed E-state index contributed by atoms with van der Waals surface area (Å²) >= 11 is 0. The molecule has 0 saturated carbocycles. The first-order valence-electron chi connectivity index (χ1n) is 6.05. The van der Waals surface area contributed by atoms with E-state index in [1.807, 2.05) is 12.2 Å². The summed E-state index contributed by atoms with van der Waals surface area (Å²) in [5.41, 5.74) is 0. The molecule has 84 valence electrons. The fraction of sp³-hybridized carbons (Fsp3) is 0.667. The van der Waals surface area contributed by atoms with Crippen molar-refractivity contribution in [2.45, 2.75) is 50.9 Å². The van der Waals surface area contributed by atoms with Crippen molar-refractivity contribution in [2.75, 3.05) is 0 Å². The Balaban J connectivity index is 0. The van der Waals surface area contributed by atoms with Crippen LogP contribution in [0.25, 0.3) is 0 Å². The molecule has 0 aromatic heterocycles. The molecule has 0 radical (unpaired) electrons. The summed E-state index contributed by atoms with van der Waals surface area (Å²) in [5.74, 6) is 0. The van der Waals surface area contributed by atoms with Crippen LogP contribution in [-0.2, 0) is 0 Å². The van der Waals surface area contributed by atoms with Gasteiger partial charge in [0.15, 0.2) is 0 Å². The van der Waals surface area contributed by atoms with Gasteiger partial charge in [-0.2, -0.15) is 0 Å². The molecule has 14 heavy (non-hydrogen) atoms. The van der Waals surface area contributed by atoms with Gasteiger partial charge in [0.1, 0.15) is 0 Å². The Morgan fingerprint density at radius 1 is 0.857 bits per heavy atom. The van der Waals surface area contributed by atoms with E-state index in [1.165, 1.54) is 37.0 Å². The zero-order chi connectivity index (χ0) is 11.1. The van der Waals surface area contributed by atoms with Crippen molar-refractivity contribution >= 4 is 19.0 Å². The van der Waals surface area contributed by atoms with Crippen LogP contribution in [0.15, 0.2) is 25.3 Å². The maximum atomic E-state index is 3.68. The molecular weight excluding hydrogens is 200 g/mol. The summed E-state index contributed by atoms with van der Waals surface area (Å²) in [6.07, 6.45) is 6.48. The van der Waals surface area contributed by atoms with Crippen molar-refractivity contribution in [3.8, 4) is 0 Å². The highest BCUT2D eigenvalue weighted by Gasteiger charge is 1.84. The standard InChI is InChI=1S/C8H16Si.C4H12Si/c1-3-5-7-9-8-6-4-2;1-3-5-4-2/h3-4H,1-2,5-9H2;3-5H2,1-2H3. The molecule has 0 amide bonds. The molecule has 0 N–H and O–H groups in total. The second-order valence-electron chi connectivity index (χ2n) is 3.57. The van der Waals surface area contributed by atoms with Crippen molar-refractivity contribution < 1.29 is 0 Å². The third kappa shape index (κ3) is 22.7. The van der Waals surface area contributed by atoms with E-state index >= 15 is 0 Å². The second-order valence-corrected chi connectivity index (χ2v) is 8.40. The quantitative estimate of drug-likeness (QED) is 0.340. The molecule has 0 unspecified atom stereocenters. The molecule has 0 aliphatic carbocycles. The van der Waals surface area contributed by atoms with Crippen molar-refractivity contribution in [2.24, 2.45) is 0 Å². The van der Waals surface area contributed by atoms with Crippen LogP contribution < -0.4 is 0 Å². The first kappa shape index (κ1) is 16.3. The van der Waals surface area contributed by atoms with Gasteiger partial charge in [0.2, 0.25) is 0 Å². The van der Waals surface area contributed by atoms with E-state index in [9.17, 15) is 0 Å². The minimum Gasteiger partial charge on any atom is -0.103 e. The van der Waals surface area contributed by atoms with Crippen molar-refractivity contribution in [1.29, 1.82) is 0 Å². The fourth-order valence-electron chi connectivity index (χ4n) is 1.11. The maximum Gasteiger partial charge on any atom is 0.0204 e. The third-order valence-corrected chi connectivity index (χ3v) is 5.25. The largest absolute Gasteiger partial charge is 0.103 e. The molecule has 0 saturated heterocycles. The van der Waals surface area contributed by atoms with E-state index in [0.29, 0.717) is 9.52 Å². The predicted molar refractivity (Wildman–Crippen MR) is 77.3 cm³/mol. The van der Waals surface area contributed by atoms with Gasteiger partial charge in [0.25, 0.3) is 0 Å². The number of allylic oxidation sites excluding steroid dienone is 2. The van der Waals surface area contributed by atoms with Gasteiger partial charge in [-0.1, -0.05) is 50.2 Å². The Labute approximate surface area is 95.5 Å². The molecule has 2 heteroatoms. The van der Waals surface area contributed by atoms with Crippen LogP contribution in [0.2, 0.25) is 24.2 Å². The average molecular weight is 229 g/mol. The molecule has 0 aromatic rings. The highest BCUT2D eigenvalue weighted by Crippen LogP contribution is 1.95. The van der Waals surface area contributed by atoms with Crippen molar-refractivity contribution in [1.82, 2.24) is 0 Å². The Morgan fingerprint density at radius 2 is 1.29 bits per heavy atom. The number of hydrogen-bond donors (Lipinski definition) is 0. The SMILES string of the molecule is C=CCC[SiH2]CCC=C.CC[SiH2]CC. The first-order valence-corrected chi connectivity index (χ1v) is 10.0. The Morgan fingerprint density at radius 3 is 1.50 bits per heavy atom. The van der Waals surface area contributed by atoms with E-state index < -0.39 is 0 Å². The molecule has 0 atom stereocenters. The van der Waals surface area contributed by atoms with Gasteiger partial charge in [0.05, 0.1) is 0 Å². The Hall–Kier alpha value is -0.0862. The van der Waals surface area contributed by atoms with Gasteiger partial charge in [-0.15, -0.1) is 13.2 Å². The molecule has 0 heterocycles. The topological polar surface area (TPSA) is 0 Å². The van der Waals surface area contributed by atoms with E-state index in [2.05, 4.69) is 27.0 Å². The lowest BCUT2D eigenvalue weighted by atomic mass is 10.5. The van der Waals surface area contributed by atoms with Gasteiger partial charge in [0, 0.05) is 19.0 Å². The van der Waals surface area contributed by atoms with Gasteiger partial charge in [-0.3, -0.25) is 0 Å². The fourth-order valence-corrected chi connectivity index (χ4v) is 3.32. The summed E-state index contributed by atoms with van der Waals surface area (Å²) in [4.78, 5) is 0. The molecule has 0 fully saturated rings. The molecule has 0 aliphatic rings. The highest BCUT2D eigenvalue weighted by molar-refractivity contribution is 6.35. The van der Waals surface area contributed by atoms with Crippen molar-refractivity contribution in [3.63, 3.8) is 0 Å². The summed E-state index contributed by atoms with van der Waals surface area (Å²) in [5, 5.41) is 0. The van der Waals surface area contributed by atoms with Gasteiger partial charge < -0.3 is 0 Å². The summed E-state index contributed by atoms with van der Waals surface area (Å²) in [7, 11) is 0.679. The first-order chi connectivity index (χ1) is 6.83. The summed E-state index contributed by atoms with van der Waals surface area (Å²) in [6, 6.07) is 5.82. The van der Waals surface area contributed by atoms with Crippen molar-refractivity contribution in [3.05, 3.63) is 25.3 Å². The van der Waals surface area contributed by atoms with E-state index in [1.54, 1.807) is 0 Å². The van der Waals surface area contributed by atoms with E-state index in [0.717, 1.165) is 0 Å². The van der Waals surface area contributed by atoms with Gasteiger partial charge in [-0.05, 0) is 12.8 Å². The van der Waals surface area contributed by atoms with Crippen LogP contribution in [0.5, 0.6) is 0 Å². The van der Waals surface area contributed by atoms with Gasteiger partial charge >= 0.3 is 0 Å². The molecule has 0 rings (SSSR count). The van der Waals surface area contributed by atoms with E-state index in [-0.39, 0.29) is 9.52 Å². The van der Waals surface area contributed by atoms with Crippen LogP contribution >= 0.6 is 0 Å². The maximum absolute atomic E-state index is 3.68. The predicted octanol–water partition coefficient (Wildman–Crippen LogP) is 3.18. The lowest BCUT2D eigenvalue weighted by Gasteiger charge is -1.91. The smallest absolute Gasteiger partial charge is 0.0204 e. The second kappa shape index (κ2) is 18.6. The summed E-state index contributed by atoms with van der Waals surface area (Å²) < 4.78 is 0. The van der Waals surface area contributed by atoms with Crippen LogP contribution in [0.1, 0.15) is 26.7 Å². The monoisotopic (exact) mass is 228 g/mol. The van der Waals surface area contributed by atoms with Crippen LogP contribution in [-0.4, -0.2) is 19.0 Å². The molecule has 0 spiro atoms. The zero-order valence-electron chi connectivity index (χ0n) is 10.2. The molecule has 0 bridgehead atoms. The van der Waals surface area contributed by atoms with Crippen LogP contribution in [0, 0.1) is 0 Å². The molecule has 0 aliphatic heterocycles. The zero-order valence-corrected chi connectivity index (χ0v) is 13.1. The summed E-state index contributed by atoms with van der Waals surface area (Å²) in [6.45, 7) is 11.9. The van der Waals surface area contributed by atoms with Crippen LogP contribution in [0.3, 0.4) is 0 Å². The lowest BCUT2D eigenvalue weighted by molar-refractivity contribution is 1.14. The van der Waals surface area contributed by atoms with Gasteiger partial charge in [-0.25, -0.2) is 0 Å². The minimum atomic E-state index is 0.247. The Bertz CT molecular complexity index is 98.9. The highest BCUT2D eigenvalue weighted by atomic mass is 28.2. The molecule has 0 nitrogen and oxygen atoms in total. The normalized spacial score (nSPS) is 8.71. The molecular formula is C12H28Si2. The minimum absolute atomic E-state index is 0.247. The average Bonchev–Trinajstić information content (AvgIpc) is 2.20. The van der Waals surface area contributed by atoms with Crippen LogP contribution in [0.4, 0.5) is 0 Å². The Kier molecular flexibility index (Phi) is 21.8. The number of rotatable bonds is 8. The van der Waals surface area contributed by atoms with E-state index in [4.69, 9.17) is 0 Å². The molecule has 0 aromatic carbocycles. The number of hydrogen-bond acceptors (Lipinski definition) is 0. The lowest BCUT2D eigenvalue weighted by Crippen LogP contribution is -1.85. The third-order valence-electron chi connectivity index (χ3n) is 2.02.